The minimum Gasteiger partial charge on any atom is -0.444 e. The molecular formula is C30H44N2OS. The van der Waals surface area contributed by atoms with Crippen LogP contribution in [0.5, 0.6) is 0 Å². The van der Waals surface area contributed by atoms with E-state index in [-0.39, 0.29) is 0 Å². The van der Waals surface area contributed by atoms with Gasteiger partial charge >= 0.3 is 0 Å². The second-order valence-corrected chi connectivity index (χ2v) is 12.6. The maximum Gasteiger partial charge on any atom is 0.202 e. The van der Waals surface area contributed by atoms with Crippen molar-refractivity contribution >= 4 is 11.8 Å². The molecule has 1 aromatic heterocycles. The van der Waals surface area contributed by atoms with Crippen molar-refractivity contribution in [3.05, 3.63) is 53.7 Å². The SMILES string of the molecule is CCC1CCN(Cc2cnc(C(c3ccccc3)C3CCCCC3)o2)CC1SC1CCCCC1. The first kappa shape index (κ1) is 24.4. The van der Waals surface area contributed by atoms with E-state index in [1.54, 1.807) is 0 Å². The van der Waals surface area contributed by atoms with E-state index in [9.17, 15) is 0 Å². The van der Waals surface area contributed by atoms with Crippen molar-refractivity contribution in [2.45, 2.75) is 107 Å². The summed E-state index contributed by atoms with van der Waals surface area (Å²) < 4.78 is 6.53. The quantitative estimate of drug-likeness (QED) is 0.382. The molecule has 0 amide bonds. The molecule has 3 aliphatic rings. The van der Waals surface area contributed by atoms with E-state index in [1.807, 2.05) is 6.20 Å². The van der Waals surface area contributed by atoms with Gasteiger partial charge in [0.25, 0.3) is 0 Å². The second-order valence-electron chi connectivity index (χ2n) is 11.1. The maximum absolute atomic E-state index is 6.53. The molecule has 3 unspecified atom stereocenters. The largest absolute Gasteiger partial charge is 0.444 e. The average molecular weight is 481 g/mol. The highest BCUT2D eigenvalue weighted by molar-refractivity contribution is 8.00. The Bertz CT molecular complexity index is 856. The molecule has 0 radical (unpaired) electrons. The number of hydrogen-bond donors (Lipinski definition) is 0. The van der Waals surface area contributed by atoms with Gasteiger partial charge in [-0.15, -0.1) is 0 Å². The zero-order chi connectivity index (χ0) is 23.2. The standard InChI is InChI=1S/C30H44N2OS/c1-2-23-18-19-32(22-28(23)34-27-16-10-5-11-17-27)21-26-20-31-30(33-26)29(24-12-6-3-7-13-24)25-14-8-4-9-15-25/h3,6-7,12-13,20,23,25,27-29H,2,4-5,8-11,14-19,21-22H2,1H3. The van der Waals surface area contributed by atoms with Crippen LogP contribution in [0.1, 0.15) is 107 Å². The van der Waals surface area contributed by atoms with E-state index in [0.717, 1.165) is 34.6 Å². The van der Waals surface area contributed by atoms with E-state index in [1.165, 1.54) is 95.7 Å². The molecule has 2 aromatic rings. The molecule has 0 spiro atoms. The fraction of sp³-hybridized carbons (Fsp3) is 0.700. The smallest absolute Gasteiger partial charge is 0.202 e. The van der Waals surface area contributed by atoms with Gasteiger partial charge in [-0.25, -0.2) is 4.98 Å². The predicted octanol–water partition coefficient (Wildman–Crippen LogP) is 8.05. The summed E-state index contributed by atoms with van der Waals surface area (Å²) in [7, 11) is 0. The van der Waals surface area contributed by atoms with Crippen LogP contribution in [-0.2, 0) is 6.54 Å². The Kier molecular flexibility index (Phi) is 8.71. The molecule has 0 bridgehead atoms. The molecule has 0 N–H and O–H groups in total. The zero-order valence-electron chi connectivity index (χ0n) is 21.2. The summed E-state index contributed by atoms with van der Waals surface area (Å²) in [6, 6.07) is 11.0. The number of piperidine rings is 1. The van der Waals surface area contributed by atoms with Gasteiger partial charge in [-0.3, -0.25) is 4.90 Å². The number of rotatable bonds is 8. The summed E-state index contributed by atoms with van der Waals surface area (Å²) in [4.78, 5) is 7.53. The monoisotopic (exact) mass is 480 g/mol. The van der Waals surface area contributed by atoms with Crippen molar-refractivity contribution < 1.29 is 4.42 Å². The summed E-state index contributed by atoms with van der Waals surface area (Å²) in [5, 5.41) is 1.68. The lowest BCUT2D eigenvalue weighted by molar-refractivity contribution is 0.168. The number of benzene rings is 1. The predicted molar refractivity (Wildman–Crippen MR) is 143 cm³/mol. The molecular weight excluding hydrogens is 436 g/mol. The molecule has 2 heterocycles. The highest BCUT2D eigenvalue weighted by Crippen LogP contribution is 2.41. The Balaban J connectivity index is 1.26. The van der Waals surface area contributed by atoms with Crippen LogP contribution in [-0.4, -0.2) is 33.5 Å². The van der Waals surface area contributed by atoms with Crippen molar-refractivity contribution in [2.24, 2.45) is 11.8 Å². The molecule has 1 saturated heterocycles. The van der Waals surface area contributed by atoms with E-state index >= 15 is 0 Å². The number of thioether (sulfide) groups is 1. The van der Waals surface area contributed by atoms with Crippen molar-refractivity contribution in [1.29, 1.82) is 0 Å². The summed E-state index contributed by atoms with van der Waals surface area (Å²) in [5.74, 6) is 3.84. The van der Waals surface area contributed by atoms with Gasteiger partial charge in [-0.2, -0.15) is 11.8 Å². The summed E-state index contributed by atoms with van der Waals surface area (Å²) in [6.45, 7) is 5.71. The first-order valence-electron chi connectivity index (χ1n) is 14.2. The molecule has 3 fully saturated rings. The number of aromatic nitrogens is 1. The van der Waals surface area contributed by atoms with Gasteiger partial charge in [-0.1, -0.05) is 82.2 Å². The first-order chi connectivity index (χ1) is 16.8. The van der Waals surface area contributed by atoms with E-state index in [2.05, 4.69) is 53.9 Å². The molecule has 2 aliphatic carbocycles. The molecule has 3 nitrogen and oxygen atoms in total. The molecule has 5 rings (SSSR count). The Morgan fingerprint density at radius 2 is 1.71 bits per heavy atom. The fourth-order valence-corrected chi connectivity index (χ4v) is 8.69. The molecule has 186 valence electrons. The minimum atomic E-state index is 0.302. The minimum absolute atomic E-state index is 0.302. The Labute approximate surface area is 211 Å². The maximum atomic E-state index is 6.53. The molecule has 4 heteroatoms. The lowest BCUT2D eigenvalue weighted by atomic mass is 9.77. The number of oxazole rings is 1. The summed E-state index contributed by atoms with van der Waals surface area (Å²) in [5.41, 5.74) is 1.37. The lowest BCUT2D eigenvalue weighted by Crippen LogP contribution is -2.42. The second kappa shape index (κ2) is 12.1. The normalized spacial score (nSPS) is 26.5. The van der Waals surface area contributed by atoms with Crippen molar-refractivity contribution in [1.82, 2.24) is 9.88 Å². The van der Waals surface area contributed by atoms with Crippen LogP contribution in [0.2, 0.25) is 0 Å². The van der Waals surface area contributed by atoms with Crippen molar-refractivity contribution in [2.75, 3.05) is 13.1 Å². The van der Waals surface area contributed by atoms with Crippen LogP contribution in [0.4, 0.5) is 0 Å². The summed E-state index contributed by atoms with van der Waals surface area (Å²) >= 11 is 2.33. The summed E-state index contributed by atoms with van der Waals surface area (Å²) in [6.07, 6.45) is 18.5. The van der Waals surface area contributed by atoms with Gasteiger partial charge in [0.2, 0.25) is 5.89 Å². The average Bonchev–Trinajstić information content (AvgIpc) is 3.34. The van der Waals surface area contributed by atoms with Crippen LogP contribution in [0.15, 0.2) is 40.9 Å². The van der Waals surface area contributed by atoms with Crippen LogP contribution in [0, 0.1) is 11.8 Å². The topological polar surface area (TPSA) is 29.3 Å². The van der Waals surface area contributed by atoms with Crippen molar-refractivity contribution in [3.8, 4) is 0 Å². The fourth-order valence-electron chi connectivity index (χ4n) is 6.75. The number of nitrogens with zero attached hydrogens (tertiary/aromatic N) is 2. The van der Waals surface area contributed by atoms with E-state index < -0.39 is 0 Å². The Hall–Kier alpha value is -1.26. The molecule has 34 heavy (non-hydrogen) atoms. The highest BCUT2D eigenvalue weighted by Gasteiger charge is 2.33. The van der Waals surface area contributed by atoms with Crippen LogP contribution in [0.3, 0.4) is 0 Å². The van der Waals surface area contributed by atoms with Gasteiger partial charge in [0.05, 0.1) is 18.7 Å². The molecule has 1 aromatic carbocycles. The Morgan fingerprint density at radius 3 is 2.44 bits per heavy atom. The van der Waals surface area contributed by atoms with Gasteiger partial charge in [-0.05, 0) is 56.0 Å². The van der Waals surface area contributed by atoms with Crippen molar-refractivity contribution in [3.63, 3.8) is 0 Å². The van der Waals surface area contributed by atoms with Crippen LogP contribution < -0.4 is 0 Å². The number of likely N-dealkylation sites (tertiary alicyclic amines) is 1. The molecule has 2 saturated carbocycles. The number of hydrogen-bond acceptors (Lipinski definition) is 4. The first-order valence-corrected chi connectivity index (χ1v) is 15.1. The van der Waals surface area contributed by atoms with Gasteiger partial charge in [0.15, 0.2) is 0 Å². The van der Waals surface area contributed by atoms with Crippen LogP contribution in [0.25, 0.3) is 0 Å². The third-order valence-electron chi connectivity index (χ3n) is 8.72. The van der Waals surface area contributed by atoms with E-state index in [4.69, 9.17) is 9.40 Å². The third-order valence-corrected chi connectivity index (χ3v) is 10.5. The highest BCUT2D eigenvalue weighted by atomic mass is 32.2. The van der Waals surface area contributed by atoms with E-state index in [0.29, 0.717) is 11.8 Å². The molecule has 1 aliphatic heterocycles. The third kappa shape index (κ3) is 6.10. The van der Waals surface area contributed by atoms with Gasteiger partial charge in [0, 0.05) is 17.0 Å². The lowest BCUT2D eigenvalue weighted by Gasteiger charge is -2.39. The Morgan fingerprint density at radius 1 is 0.971 bits per heavy atom. The zero-order valence-corrected chi connectivity index (χ0v) is 22.0. The van der Waals surface area contributed by atoms with Crippen LogP contribution >= 0.6 is 11.8 Å². The van der Waals surface area contributed by atoms with Gasteiger partial charge < -0.3 is 4.42 Å². The van der Waals surface area contributed by atoms with Gasteiger partial charge in [0.1, 0.15) is 5.76 Å². The molecule has 3 atom stereocenters.